The van der Waals surface area contributed by atoms with Gasteiger partial charge in [0.1, 0.15) is 11.6 Å². The van der Waals surface area contributed by atoms with Gasteiger partial charge in [-0.15, -0.1) is 0 Å². The van der Waals surface area contributed by atoms with Crippen LogP contribution >= 0.6 is 0 Å². The molecular weight excluding hydrogens is 286 g/mol. The Hall–Kier alpha value is -2.95. The van der Waals surface area contributed by atoms with Gasteiger partial charge in [-0.2, -0.15) is 0 Å². The summed E-state index contributed by atoms with van der Waals surface area (Å²) < 4.78 is 27.0. The van der Waals surface area contributed by atoms with Gasteiger partial charge in [0.05, 0.1) is 28.5 Å². The highest BCUT2D eigenvalue weighted by Crippen LogP contribution is 2.14. The van der Waals surface area contributed by atoms with E-state index in [1.165, 1.54) is 18.3 Å². The molecule has 0 aliphatic carbocycles. The second kappa shape index (κ2) is 5.81. The molecule has 0 amide bonds. The maximum atomic E-state index is 13.5. The molecule has 1 aromatic heterocycles. The number of allylic oxidation sites excluding steroid dienone is 1. The third kappa shape index (κ3) is 2.74. The second-order valence-electron chi connectivity index (χ2n) is 4.58. The zero-order valence-corrected chi connectivity index (χ0v) is 11.3. The fraction of sp³-hybridized carbons (Fsp3) is 0. The molecule has 5 heteroatoms. The van der Waals surface area contributed by atoms with E-state index in [9.17, 15) is 13.6 Å². The zero-order chi connectivity index (χ0) is 15.5. The molecule has 0 bridgehead atoms. The van der Waals surface area contributed by atoms with Crippen LogP contribution in [0.2, 0.25) is 0 Å². The zero-order valence-electron chi connectivity index (χ0n) is 11.3. The first-order valence-corrected chi connectivity index (χ1v) is 6.53. The molecular formula is C17H10F2N2O. The van der Waals surface area contributed by atoms with Crippen molar-refractivity contribution >= 4 is 22.9 Å². The van der Waals surface area contributed by atoms with Crippen LogP contribution in [0, 0.1) is 11.6 Å². The van der Waals surface area contributed by atoms with Crippen LogP contribution in [-0.4, -0.2) is 15.8 Å². The highest BCUT2D eigenvalue weighted by molar-refractivity contribution is 6.07. The summed E-state index contributed by atoms with van der Waals surface area (Å²) in [4.78, 5) is 20.4. The number of ketones is 1. The Labute approximate surface area is 125 Å². The number of hydrogen-bond donors (Lipinski definition) is 0. The average Bonchev–Trinajstić information content (AvgIpc) is 2.52. The Morgan fingerprint density at radius 1 is 0.955 bits per heavy atom. The number of carbonyl (C=O) groups excluding carboxylic acids is 1. The van der Waals surface area contributed by atoms with Crippen molar-refractivity contribution in [1.82, 2.24) is 9.97 Å². The summed E-state index contributed by atoms with van der Waals surface area (Å²) in [7, 11) is 0. The summed E-state index contributed by atoms with van der Waals surface area (Å²) in [6, 6.07) is 10.6. The molecule has 0 aliphatic rings. The number of fused-ring (bicyclic) bond motifs is 1. The first kappa shape index (κ1) is 14.0. The van der Waals surface area contributed by atoms with Gasteiger partial charge >= 0.3 is 0 Å². The van der Waals surface area contributed by atoms with Gasteiger partial charge in [-0.1, -0.05) is 18.2 Å². The molecule has 3 rings (SSSR count). The fourth-order valence-corrected chi connectivity index (χ4v) is 2.03. The van der Waals surface area contributed by atoms with E-state index in [2.05, 4.69) is 9.97 Å². The molecule has 0 radical (unpaired) electrons. The molecule has 0 aliphatic heterocycles. The lowest BCUT2D eigenvalue weighted by atomic mass is 10.1. The second-order valence-corrected chi connectivity index (χ2v) is 4.58. The van der Waals surface area contributed by atoms with Crippen molar-refractivity contribution in [2.24, 2.45) is 0 Å². The number of benzene rings is 2. The molecule has 0 saturated heterocycles. The standard InChI is InChI=1S/C17H10F2N2O/c18-12-4-3-5-13(19)17(12)16(22)9-8-11-10-20-14-6-1-2-7-15(14)21-11/h1-10H/b9-8+. The van der Waals surface area contributed by atoms with Gasteiger partial charge in [0.15, 0.2) is 5.78 Å². The Kier molecular flexibility index (Phi) is 3.70. The Morgan fingerprint density at radius 3 is 2.36 bits per heavy atom. The minimum atomic E-state index is -0.890. The number of hydrogen-bond acceptors (Lipinski definition) is 3. The number of halogens is 2. The molecule has 1 heterocycles. The maximum absolute atomic E-state index is 13.5. The van der Waals surface area contributed by atoms with Crippen molar-refractivity contribution in [3.8, 4) is 0 Å². The molecule has 108 valence electrons. The van der Waals surface area contributed by atoms with E-state index in [4.69, 9.17) is 0 Å². The number of rotatable bonds is 3. The van der Waals surface area contributed by atoms with E-state index >= 15 is 0 Å². The smallest absolute Gasteiger partial charge is 0.191 e. The van der Waals surface area contributed by atoms with Crippen molar-refractivity contribution < 1.29 is 13.6 Å². The van der Waals surface area contributed by atoms with E-state index in [1.54, 1.807) is 6.07 Å². The van der Waals surface area contributed by atoms with Gasteiger partial charge in [0, 0.05) is 0 Å². The molecule has 0 N–H and O–H groups in total. The lowest BCUT2D eigenvalue weighted by Crippen LogP contribution is -2.02. The maximum Gasteiger partial charge on any atom is 0.191 e. The van der Waals surface area contributed by atoms with E-state index < -0.39 is 23.0 Å². The summed E-state index contributed by atoms with van der Waals surface area (Å²) in [5.41, 5.74) is 1.26. The Bertz CT molecular complexity index is 870. The van der Waals surface area contributed by atoms with E-state index in [-0.39, 0.29) is 0 Å². The van der Waals surface area contributed by atoms with Gasteiger partial charge in [-0.25, -0.2) is 13.8 Å². The molecule has 3 aromatic rings. The SMILES string of the molecule is O=C(/C=C/c1cnc2ccccc2n1)c1c(F)cccc1F. The fourth-order valence-electron chi connectivity index (χ4n) is 2.03. The molecule has 3 nitrogen and oxygen atoms in total. The van der Waals surface area contributed by atoms with E-state index in [0.29, 0.717) is 11.2 Å². The first-order chi connectivity index (χ1) is 10.6. The topological polar surface area (TPSA) is 42.9 Å². The summed E-state index contributed by atoms with van der Waals surface area (Å²) >= 11 is 0. The van der Waals surface area contributed by atoms with Crippen LogP contribution in [0.1, 0.15) is 16.1 Å². The molecule has 0 saturated carbocycles. The normalized spacial score (nSPS) is 11.2. The molecule has 2 aromatic carbocycles. The largest absolute Gasteiger partial charge is 0.289 e. The number of nitrogens with zero attached hydrogens (tertiary/aromatic N) is 2. The van der Waals surface area contributed by atoms with Crippen molar-refractivity contribution in [3.63, 3.8) is 0 Å². The predicted octanol–water partition coefficient (Wildman–Crippen LogP) is 3.80. The third-order valence-corrected chi connectivity index (χ3v) is 3.08. The van der Waals surface area contributed by atoms with Crippen LogP contribution in [0.15, 0.2) is 54.7 Å². The monoisotopic (exact) mass is 296 g/mol. The number of carbonyl (C=O) groups is 1. The van der Waals surface area contributed by atoms with Gasteiger partial charge < -0.3 is 0 Å². The van der Waals surface area contributed by atoms with E-state index in [0.717, 1.165) is 23.7 Å². The minimum Gasteiger partial charge on any atom is -0.289 e. The molecule has 0 unspecified atom stereocenters. The minimum absolute atomic E-state index is 0.434. The van der Waals surface area contributed by atoms with Crippen LogP contribution < -0.4 is 0 Å². The van der Waals surface area contributed by atoms with Gasteiger partial charge in [0.25, 0.3) is 0 Å². The molecule has 0 fully saturated rings. The number of para-hydroxylation sites is 2. The summed E-state index contributed by atoms with van der Waals surface area (Å²) in [6.45, 7) is 0. The van der Waals surface area contributed by atoms with Gasteiger partial charge in [0.2, 0.25) is 0 Å². The van der Waals surface area contributed by atoms with Crippen molar-refractivity contribution in [3.05, 3.63) is 77.6 Å². The first-order valence-electron chi connectivity index (χ1n) is 6.53. The summed E-state index contributed by atoms with van der Waals surface area (Å²) in [5, 5.41) is 0. The van der Waals surface area contributed by atoms with Crippen LogP contribution in [-0.2, 0) is 0 Å². The molecule has 0 atom stereocenters. The van der Waals surface area contributed by atoms with Crippen molar-refractivity contribution in [2.45, 2.75) is 0 Å². The van der Waals surface area contributed by atoms with Crippen LogP contribution in [0.4, 0.5) is 8.78 Å². The highest BCUT2D eigenvalue weighted by atomic mass is 19.1. The summed E-state index contributed by atoms with van der Waals surface area (Å²) in [6.07, 6.45) is 3.96. The van der Waals surface area contributed by atoms with Gasteiger partial charge in [-0.05, 0) is 36.4 Å². The van der Waals surface area contributed by atoms with Crippen LogP contribution in [0.25, 0.3) is 17.1 Å². The average molecular weight is 296 g/mol. The highest BCUT2D eigenvalue weighted by Gasteiger charge is 2.14. The quantitative estimate of drug-likeness (QED) is 0.545. The van der Waals surface area contributed by atoms with Crippen LogP contribution in [0.5, 0.6) is 0 Å². The van der Waals surface area contributed by atoms with Crippen LogP contribution in [0.3, 0.4) is 0 Å². The number of aromatic nitrogens is 2. The van der Waals surface area contributed by atoms with Crippen molar-refractivity contribution in [1.29, 1.82) is 0 Å². The molecule has 22 heavy (non-hydrogen) atoms. The molecule has 0 spiro atoms. The van der Waals surface area contributed by atoms with E-state index in [1.807, 2.05) is 18.2 Å². The third-order valence-electron chi connectivity index (χ3n) is 3.08. The predicted molar refractivity (Wildman–Crippen MR) is 79.3 cm³/mol. The Balaban J connectivity index is 1.90. The Morgan fingerprint density at radius 2 is 1.64 bits per heavy atom. The lowest BCUT2D eigenvalue weighted by molar-refractivity contribution is 0.104. The van der Waals surface area contributed by atoms with Crippen molar-refractivity contribution in [2.75, 3.05) is 0 Å². The summed E-state index contributed by atoms with van der Waals surface area (Å²) in [5.74, 6) is -2.54. The lowest BCUT2D eigenvalue weighted by Gasteiger charge is -2.00. The van der Waals surface area contributed by atoms with Gasteiger partial charge in [-0.3, -0.25) is 9.78 Å².